The van der Waals surface area contributed by atoms with E-state index in [0.29, 0.717) is 0 Å². The minimum absolute atomic E-state index is 0.0637. The topological polar surface area (TPSA) is 94.9 Å². The number of hydrogen-bond acceptors (Lipinski definition) is 6. The third kappa shape index (κ3) is 2.52. The molecule has 7 heteroatoms. The normalized spacial score (nSPS) is 12.3. The smallest absolute Gasteiger partial charge is 0.269 e. The van der Waals surface area contributed by atoms with E-state index in [0.717, 1.165) is 22.0 Å². The largest absolute Gasteiger partial charge is 0.322 e. The Morgan fingerprint density at radius 3 is 2.61 bits per heavy atom. The minimum atomic E-state index is -0.428. The zero-order valence-corrected chi connectivity index (χ0v) is 10.6. The van der Waals surface area contributed by atoms with Crippen molar-refractivity contribution >= 4 is 17.0 Å². The molecule has 0 amide bonds. The van der Waals surface area contributed by atoms with Gasteiger partial charge in [0.25, 0.3) is 5.69 Å². The van der Waals surface area contributed by atoms with E-state index in [4.69, 9.17) is 5.73 Å². The first-order valence-electron chi connectivity index (χ1n) is 5.45. The number of rotatable bonds is 4. The minimum Gasteiger partial charge on any atom is -0.322 e. The van der Waals surface area contributed by atoms with Crippen molar-refractivity contribution in [3.05, 3.63) is 39.4 Å². The fourth-order valence-electron chi connectivity index (χ4n) is 1.40. The average Bonchev–Trinajstić information content (AvgIpc) is 2.87. The first kappa shape index (κ1) is 12.6. The van der Waals surface area contributed by atoms with E-state index in [1.807, 2.05) is 6.92 Å². The van der Waals surface area contributed by atoms with Crippen LogP contribution in [0.1, 0.15) is 24.4 Å². The molecule has 0 bridgehead atoms. The highest BCUT2D eigenvalue weighted by molar-refractivity contribution is 7.14. The summed E-state index contributed by atoms with van der Waals surface area (Å²) in [6, 6.07) is 6.14. The lowest BCUT2D eigenvalue weighted by Crippen LogP contribution is -2.07. The molecule has 6 nitrogen and oxygen atoms in total. The van der Waals surface area contributed by atoms with E-state index in [9.17, 15) is 10.1 Å². The SMILES string of the molecule is CCC(N)c1nnc(-c2ccc([N+](=O)[O-])cc2)s1. The molecule has 0 aliphatic rings. The summed E-state index contributed by atoms with van der Waals surface area (Å²) in [5.74, 6) is 0. The molecule has 1 atom stereocenters. The van der Waals surface area contributed by atoms with Crippen molar-refractivity contribution in [2.75, 3.05) is 0 Å². The van der Waals surface area contributed by atoms with Gasteiger partial charge in [0.1, 0.15) is 10.0 Å². The van der Waals surface area contributed by atoms with Crippen LogP contribution in [-0.2, 0) is 0 Å². The zero-order chi connectivity index (χ0) is 13.1. The Balaban J connectivity index is 2.26. The van der Waals surface area contributed by atoms with Crippen molar-refractivity contribution in [2.24, 2.45) is 5.73 Å². The number of benzene rings is 1. The Bertz CT molecular complexity index is 552. The van der Waals surface area contributed by atoms with Gasteiger partial charge in [0.15, 0.2) is 0 Å². The molecule has 2 N–H and O–H groups in total. The summed E-state index contributed by atoms with van der Waals surface area (Å²) in [4.78, 5) is 10.1. The molecule has 0 saturated carbocycles. The molecule has 18 heavy (non-hydrogen) atoms. The number of nitro groups is 1. The average molecular weight is 264 g/mol. The van der Waals surface area contributed by atoms with Gasteiger partial charge in [-0.05, 0) is 18.6 Å². The van der Waals surface area contributed by atoms with E-state index in [2.05, 4.69) is 10.2 Å². The van der Waals surface area contributed by atoms with Gasteiger partial charge in [-0.15, -0.1) is 10.2 Å². The fourth-order valence-corrected chi connectivity index (χ4v) is 2.33. The summed E-state index contributed by atoms with van der Waals surface area (Å²) in [7, 11) is 0. The number of non-ortho nitro benzene ring substituents is 1. The summed E-state index contributed by atoms with van der Waals surface area (Å²) in [5, 5.41) is 20.1. The van der Waals surface area contributed by atoms with Gasteiger partial charge < -0.3 is 5.73 Å². The molecule has 1 aromatic heterocycles. The van der Waals surface area contributed by atoms with Crippen LogP contribution in [0.3, 0.4) is 0 Å². The molecule has 0 saturated heterocycles. The van der Waals surface area contributed by atoms with Crippen LogP contribution >= 0.6 is 11.3 Å². The van der Waals surface area contributed by atoms with Crippen LogP contribution < -0.4 is 5.73 Å². The van der Waals surface area contributed by atoms with Crippen LogP contribution in [0, 0.1) is 10.1 Å². The van der Waals surface area contributed by atoms with Crippen molar-refractivity contribution in [1.82, 2.24) is 10.2 Å². The summed E-state index contributed by atoms with van der Waals surface area (Å²) >= 11 is 1.42. The monoisotopic (exact) mass is 264 g/mol. The Hall–Kier alpha value is -1.86. The van der Waals surface area contributed by atoms with Crippen molar-refractivity contribution in [3.63, 3.8) is 0 Å². The molecule has 0 radical (unpaired) electrons. The molecule has 2 aromatic rings. The third-order valence-electron chi connectivity index (χ3n) is 2.52. The maximum Gasteiger partial charge on any atom is 0.269 e. The maximum absolute atomic E-state index is 10.5. The molecule has 1 heterocycles. The zero-order valence-electron chi connectivity index (χ0n) is 9.74. The van der Waals surface area contributed by atoms with Crippen molar-refractivity contribution < 1.29 is 4.92 Å². The molecule has 0 aliphatic carbocycles. The molecule has 0 aliphatic heterocycles. The number of aromatic nitrogens is 2. The maximum atomic E-state index is 10.5. The van der Waals surface area contributed by atoms with Gasteiger partial charge in [-0.3, -0.25) is 10.1 Å². The molecular weight excluding hydrogens is 252 g/mol. The summed E-state index contributed by atoms with van der Waals surface area (Å²) < 4.78 is 0. The van der Waals surface area contributed by atoms with Gasteiger partial charge in [-0.25, -0.2) is 0 Å². The second-order valence-electron chi connectivity index (χ2n) is 3.76. The molecule has 2 rings (SSSR count). The number of nitrogens with zero attached hydrogens (tertiary/aromatic N) is 3. The molecule has 94 valence electrons. The summed E-state index contributed by atoms with van der Waals surface area (Å²) in [6.45, 7) is 1.98. The van der Waals surface area contributed by atoms with Crippen molar-refractivity contribution in [1.29, 1.82) is 0 Å². The quantitative estimate of drug-likeness (QED) is 0.676. The molecule has 1 unspecified atom stereocenters. The van der Waals surface area contributed by atoms with Gasteiger partial charge in [0, 0.05) is 17.7 Å². The Morgan fingerprint density at radius 2 is 2.06 bits per heavy atom. The number of hydrogen-bond donors (Lipinski definition) is 1. The molecule has 0 fully saturated rings. The summed E-state index contributed by atoms with van der Waals surface area (Å²) in [5.41, 5.74) is 6.74. The first-order valence-corrected chi connectivity index (χ1v) is 6.27. The van der Waals surface area contributed by atoms with Crippen LogP contribution in [0.4, 0.5) is 5.69 Å². The lowest BCUT2D eigenvalue weighted by atomic mass is 10.2. The van der Waals surface area contributed by atoms with Crippen LogP contribution in [0.2, 0.25) is 0 Å². The Labute approximate surface area is 108 Å². The fraction of sp³-hybridized carbons (Fsp3) is 0.273. The number of nitrogens with two attached hydrogens (primary N) is 1. The second-order valence-corrected chi connectivity index (χ2v) is 4.77. The highest BCUT2D eigenvalue weighted by atomic mass is 32.1. The van der Waals surface area contributed by atoms with E-state index in [-0.39, 0.29) is 11.7 Å². The Morgan fingerprint density at radius 1 is 1.39 bits per heavy atom. The summed E-state index contributed by atoms with van der Waals surface area (Å²) in [6.07, 6.45) is 0.800. The van der Waals surface area contributed by atoms with E-state index in [1.165, 1.54) is 23.5 Å². The van der Waals surface area contributed by atoms with Crippen LogP contribution in [0.5, 0.6) is 0 Å². The van der Waals surface area contributed by atoms with Crippen molar-refractivity contribution in [2.45, 2.75) is 19.4 Å². The van der Waals surface area contributed by atoms with Gasteiger partial charge in [-0.2, -0.15) is 0 Å². The first-order chi connectivity index (χ1) is 8.61. The predicted octanol–water partition coefficient (Wildman–Crippen LogP) is 2.52. The molecule has 1 aromatic carbocycles. The van der Waals surface area contributed by atoms with Crippen molar-refractivity contribution in [3.8, 4) is 10.6 Å². The predicted molar refractivity (Wildman–Crippen MR) is 69.2 cm³/mol. The molecule has 0 spiro atoms. The standard InChI is InChI=1S/C11H12N4O2S/c1-2-9(12)11-14-13-10(18-11)7-3-5-8(6-4-7)15(16)17/h3-6,9H,2,12H2,1H3. The number of nitro benzene ring substituents is 1. The van der Waals surface area contributed by atoms with Gasteiger partial charge in [0.2, 0.25) is 0 Å². The van der Waals surface area contributed by atoms with Crippen LogP contribution in [0.15, 0.2) is 24.3 Å². The van der Waals surface area contributed by atoms with Crippen LogP contribution in [0.25, 0.3) is 10.6 Å². The lowest BCUT2D eigenvalue weighted by Gasteiger charge is -2.00. The van der Waals surface area contributed by atoms with Gasteiger partial charge in [0.05, 0.1) is 11.0 Å². The molecular formula is C11H12N4O2S. The highest BCUT2D eigenvalue weighted by Gasteiger charge is 2.12. The van der Waals surface area contributed by atoms with E-state index in [1.54, 1.807) is 12.1 Å². The van der Waals surface area contributed by atoms with E-state index >= 15 is 0 Å². The Kier molecular flexibility index (Phi) is 3.63. The van der Waals surface area contributed by atoms with Crippen LogP contribution in [-0.4, -0.2) is 15.1 Å². The highest BCUT2D eigenvalue weighted by Crippen LogP contribution is 2.28. The van der Waals surface area contributed by atoms with Gasteiger partial charge in [-0.1, -0.05) is 18.3 Å². The van der Waals surface area contributed by atoms with E-state index < -0.39 is 4.92 Å². The second kappa shape index (κ2) is 5.19. The van der Waals surface area contributed by atoms with Gasteiger partial charge >= 0.3 is 0 Å². The lowest BCUT2D eigenvalue weighted by molar-refractivity contribution is -0.384. The third-order valence-corrected chi connectivity index (χ3v) is 3.63.